The van der Waals surface area contributed by atoms with Gasteiger partial charge >= 0.3 is 5.69 Å². The minimum absolute atomic E-state index is 0.0260. The molecule has 0 bridgehead atoms. The Morgan fingerprint density at radius 3 is 2.74 bits per heavy atom. The molecule has 0 radical (unpaired) electrons. The smallest absolute Gasteiger partial charge is 0.322 e. The summed E-state index contributed by atoms with van der Waals surface area (Å²) in [6, 6.07) is 4.30. The molecular weight excluding hydrogens is 248 g/mol. The van der Waals surface area contributed by atoms with Gasteiger partial charge in [-0.25, -0.2) is 0 Å². The van der Waals surface area contributed by atoms with Crippen LogP contribution in [0.4, 0.5) is 5.69 Å². The summed E-state index contributed by atoms with van der Waals surface area (Å²) in [5.74, 6) is 0.172. The van der Waals surface area contributed by atoms with E-state index in [9.17, 15) is 15.2 Å². The molecule has 1 aromatic heterocycles. The van der Waals surface area contributed by atoms with Crippen molar-refractivity contribution in [2.45, 2.75) is 6.92 Å². The maximum atomic E-state index is 11.2. The SMILES string of the molecule is CC(=Cc1oc2ccc(O)cc2c1[N+](=O)[O-])[NH+](C)C. The topological polar surface area (TPSA) is 81.0 Å². The van der Waals surface area contributed by atoms with E-state index in [0.29, 0.717) is 11.0 Å². The van der Waals surface area contributed by atoms with E-state index in [1.54, 1.807) is 6.08 Å². The molecule has 1 aromatic carbocycles. The zero-order chi connectivity index (χ0) is 14.2. The molecule has 6 heteroatoms. The van der Waals surface area contributed by atoms with Crippen LogP contribution in [-0.2, 0) is 0 Å². The number of allylic oxidation sites excluding steroid dienone is 1. The van der Waals surface area contributed by atoms with Gasteiger partial charge in [-0.1, -0.05) is 0 Å². The predicted octanol–water partition coefficient (Wildman–Crippen LogP) is 1.55. The number of aromatic hydroxyl groups is 1. The van der Waals surface area contributed by atoms with E-state index in [2.05, 4.69) is 0 Å². The number of benzene rings is 1. The highest BCUT2D eigenvalue weighted by Gasteiger charge is 2.24. The molecule has 0 amide bonds. The van der Waals surface area contributed by atoms with Crippen LogP contribution in [0.3, 0.4) is 0 Å². The van der Waals surface area contributed by atoms with Crippen molar-refractivity contribution >= 4 is 22.7 Å². The lowest BCUT2D eigenvalue weighted by Gasteiger charge is -2.04. The van der Waals surface area contributed by atoms with Gasteiger partial charge in [0.2, 0.25) is 5.76 Å². The molecule has 0 saturated carbocycles. The maximum Gasteiger partial charge on any atom is 0.322 e. The number of nitrogens with zero attached hydrogens (tertiary/aromatic N) is 1. The van der Waals surface area contributed by atoms with E-state index in [-0.39, 0.29) is 17.2 Å². The second-order valence-electron chi connectivity index (χ2n) is 4.58. The van der Waals surface area contributed by atoms with Crippen LogP contribution < -0.4 is 4.90 Å². The van der Waals surface area contributed by atoms with E-state index in [4.69, 9.17) is 4.42 Å². The third kappa shape index (κ3) is 2.43. The summed E-state index contributed by atoms with van der Waals surface area (Å²) >= 11 is 0. The first kappa shape index (κ1) is 13.1. The van der Waals surface area contributed by atoms with Crippen LogP contribution in [-0.4, -0.2) is 24.1 Å². The van der Waals surface area contributed by atoms with Crippen molar-refractivity contribution in [2.24, 2.45) is 0 Å². The molecule has 0 atom stereocenters. The number of nitrogens with one attached hydrogen (secondary N) is 1. The zero-order valence-electron chi connectivity index (χ0n) is 10.9. The highest BCUT2D eigenvalue weighted by Crippen LogP contribution is 2.35. The molecule has 2 N–H and O–H groups in total. The molecule has 0 unspecified atom stereocenters. The van der Waals surface area contributed by atoms with Crippen molar-refractivity contribution < 1.29 is 19.3 Å². The Labute approximate surface area is 109 Å². The van der Waals surface area contributed by atoms with Crippen LogP contribution in [0.5, 0.6) is 5.75 Å². The van der Waals surface area contributed by atoms with Crippen LogP contribution in [0.1, 0.15) is 12.7 Å². The summed E-state index contributed by atoms with van der Waals surface area (Å²) in [5.41, 5.74) is 1.18. The predicted molar refractivity (Wildman–Crippen MR) is 71.0 cm³/mol. The number of rotatable bonds is 3. The maximum absolute atomic E-state index is 11.2. The number of phenolic OH excluding ortho intramolecular Hbond substituents is 1. The van der Waals surface area contributed by atoms with Gasteiger partial charge < -0.3 is 14.4 Å². The van der Waals surface area contributed by atoms with Crippen molar-refractivity contribution in [3.63, 3.8) is 0 Å². The van der Waals surface area contributed by atoms with Crippen molar-refractivity contribution in [1.82, 2.24) is 0 Å². The number of fused-ring (bicyclic) bond motifs is 1. The summed E-state index contributed by atoms with van der Waals surface area (Å²) < 4.78 is 5.49. The molecule has 1 heterocycles. The molecule has 100 valence electrons. The summed E-state index contributed by atoms with van der Waals surface area (Å²) in [6.45, 7) is 1.86. The van der Waals surface area contributed by atoms with E-state index < -0.39 is 4.92 Å². The Kier molecular flexibility index (Phi) is 3.26. The third-order valence-corrected chi connectivity index (χ3v) is 2.99. The summed E-state index contributed by atoms with van der Waals surface area (Å²) in [4.78, 5) is 11.8. The van der Waals surface area contributed by atoms with Gasteiger partial charge in [0, 0.05) is 13.0 Å². The van der Waals surface area contributed by atoms with Crippen molar-refractivity contribution in [1.29, 1.82) is 0 Å². The van der Waals surface area contributed by atoms with Gasteiger partial charge in [-0.2, -0.15) is 0 Å². The number of phenols is 1. The van der Waals surface area contributed by atoms with Gasteiger partial charge in [0.25, 0.3) is 0 Å². The van der Waals surface area contributed by atoms with Crippen LogP contribution in [0.15, 0.2) is 28.3 Å². The Morgan fingerprint density at radius 1 is 1.47 bits per heavy atom. The van der Waals surface area contributed by atoms with Gasteiger partial charge in [-0.3, -0.25) is 10.1 Å². The molecule has 0 aliphatic carbocycles. The normalized spacial score (nSPS) is 12.3. The number of hydrogen-bond donors (Lipinski definition) is 2. The molecular formula is C13H15N2O4+. The lowest BCUT2D eigenvalue weighted by Crippen LogP contribution is -3.03. The second-order valence-corrected chi connectivity index (χ2v) is 4.58. The fraction of sp³-hybridized carbons (Fsp3) is 0.231. The van der Waals surface area contributed by atoms with Crippen LogP contribution in [0, 0.1) is 10.1 Å². The van der Waals surface area contributed by atoms with Crippen molar-refractivity contribution in [2.75, 3.05) is 14.1 Å². The number of quaternary nitrogens is 1. The average Bonchev–Trinajstić information content (AvgIpc) is 2.65. The molecule has 0 fully saturated rings. The minimum atomic E-state index is -0.491. The van der Waals surface area contributed by atoms with E-state index in [1.807, 2.05) is 21.0 Å². The van der Waals surface area contributed by atoms with Gasteiger partial charge in [0.15, 0.2) is 0 Å². The van der Waals surface area contributed by atoms with E-state index in [1.165, 1.54) is 18.2 Å². The first-order valence-corrected chi connectivity index (χ1v) is 5.79. The molecule has 19 heavy (non-hydrogen) atoms. The average molecular weight is 263 g/mol. The molecule has 2 rings (SSSR count). The summed E-state index contributed by atoms with van der Waals surface area (Å²) in [7, 11) is 3.85. The largest absolute Gasteiger partial charge is 0.508 e. The van der Waals surface area contributed by atoms with E-state index in [0.717, 1.165) is 10.6 Å². The highest BCUT2D eigenvalue weighted by atomic mass is 16.6. The monoisotopic (exact) mass is 263 g/mol. The highest BCUT2D eigenvalue weighted by molar-refractivity contribution is 5.92. The Balaban J connectivity index is 2.71. The molecule has 0 saturated heterocycles. The Morgan fingerprint density at radius 2 is 2.16 bits per heavy atom. The Hall–Kier alpha value is -2.34. The molecule has 2 aromatic rings. The third-order valence-electron chi connectivity index (χ3n) is 2.99. The number of hydrogen-bond acceptors (Lipinski definition) is 4. The minimum Gasteiger partial charge on any atom is -0.508 e. The molecule has 0 spiro atoms. The van der Waals surface area contributed by atoms with Gasteiger partial charge in [-0.15, -0.1) is 0 Å². The van der Waals surface area contributed by atoms with Gasteiger partial charge in [-0.05, 0) is 18.2 Å². The lowest BCUT2D eigenvalue weighted by atomic mass is 10.2. The second kappa shape index (κ2) is 4.74. The molecule has 0 aliphatic heterocycles. The first-order chi connectivity index (χ1) is 8.90. The summed E-state index contributed by atoms with van der Waals surface area (Å²) in [6.07, 6.45) is 1.64. The standard InChI is InChI=1S/C13H14N2O4/c1-8(14(2)3)6-12-13(15(17)18)10-7-9(16)4-5-11(10)19-12/h4-7,16H,1-3H3/p+1. The zero-order valence-corrected chi connectivity index (χ0v) is 10.9. The fourth-order valence-corrected chi connectivity index (χ4v) is 1.72. The lowest BCUT2D eigenvalue weighted by molar-refractivity contribution is -0.815. The number of nitro groups is 1. The summed E-state index contributed by atoms with van der Waals surface area (Å²) in [5, 5.41) is 20.9. The van der Waals surface area contributed by atoms with E-state index >= 15 is 0 Å². The van der Waals surface area contributed by atoms with Crippen LogP contribution in [0.2, 0.25) is 0 Å². The Bertz CT molecular complexity index is 671. The first-order valence-electron chi connectivity index (χ1n) is 5.79. The number of furan rings is 1. The van der Waals surface area contributed by atoms with Gasteiger partial charge in [0.05, 0.1) is 19.0 Å². The molecule has 0 aliphatic rings. The van der Waals surface area contributed by atoms with Crippen molar-refractivity contribution in [3.05, 3.63) is 39.8 Å². The van der Waals surface area contributed by atoms with Crippen LogP contribution in [0.25, 0.3) is 17.0 Å². The van der Waals surface area contributed by atoms with Crippen LogP contribution >= 0.6 is 0 Å². The quantitative estimate of drug-likeness (QED) is 0.650. The molecule has 6 nitrogen and oxygen atoms in total. The van der Waals surface area contributed by atoms with Crippen molar-refractivity contribution in [3.8, 4) is 5.75 Å². The van der Waals surface area contributed by atoms with Gasteiger partial charge in [0.1, 0.15) is 22.4 Å². The fourth-order valence-electron chi connectivity index (χ4n) is 1.72.